The maximum atomic E-state index is 11.6. The second-order valence-corrected chi connectivity index (χ2v) is 4.66. The fourth-order valence-electron chi connectivity index (χ4n) is 1.53. The summed E-state index contributed by atoms with van der Waals surface area (Å²) in [5, 5.41) is 11.7. The molecule has 6 heteroatoms. The third kappa shape index (κ3) is 1.67. The molecule has 0 saturated heterocycles. The van der Waals surface area contributed by atoms with Crippen LogP contribution in [0.3, 0.4) is 0 Å². The fourth-order valence-corrected chi connectivity index (χ4v) is 2.45. The van der Waals surface area contributed by atoms with Crippen molar-refractivity contribution in [1.29, 1.82) is 0 Å². The Morgan fingerprint density at radius 3 is 2.69 bits per heavy atom. The molecule has 16 heavy (non-hydrogen) atoms. The van der Waals surface area contributed by atoms with E-state index in [1.165, 1.54) is 17.4 Å². The lowest BCUT2D eigenvalue weighted by Crippen LogP contribution is -2.07. The molecule has 0 amide bonds. The van der Waals surface area contributed by atoms with Crippen molar-refractivity contribution in [3.05, 3.63) is 43.2 Å². The summed E-state index contributed by atoms with van der Waals surface area (Å²) in [6, 6.07) is 3.10. The third-order valence-corrected chi connectivity index (χ3v) is 3.17. The van der Waals surface area contributed by atoms with E-state index in [4.69, 9.17) is 0 Å². The number of nitrogens with zero attached hydrogens (tertiary/aromatic N) is 2. The molecule has 0 atom stereocenters. The van der Waals surface area contributed by atoms with Gasteiger partial charge in [-0.15, -0.1) is 11.3 Å². The van der Waals surface area contributed by atoms with E-state index in [2.05, 4.69) is 4.98 Å². The minimum absolute atomic E-state index is 0.0254. The molecule has 0 aliphatic carbocycles. The summed E-state index contributed by atoms with van der Waals surface area (Å²) < 4.78 is 0.396. The smallest absolute Gasteiger partial charge is 0.267 e. The standard InChI is InChI=1S/C10H8N2O3S/c1-5-3-7-9(8(4-5)12(14)15)16-6(2)11-10(7)13/h3-4H,1-2H3. The van der Waals surface area contributed by atoms with Crippen molar-refractivity contribution in [2.24, 2.45) is 0 Å². The molecule has 2 rings (SSSR count). The molecule has 0 unspecified atom stereocenters. The number of nitro benzene ring substituents is 1. The molecule has 1 aromatic heterocycles. The molecular formula is C10H8N2O3S. The van der Waals surface area contributed by atoms with Gasteiger partial charge in [-0.1, -0.05) is 0 Å². The van der Waals surface area contributed by atoms with Gasteiger partial charge in [0, 0.05) is 6.07 Å². The van der Waals surface area contributed by atoms with Crippen LogP contribution in [0.15, 0.2) is 16.9 Å². The van der Waals surface area contributed by atoms with Gasteiger partial charge in [-0.25, -0.2) is 4.98 Å². The quantitative estimate of drug-likeness (QED) is 0.562. The summed E-state index contributed by atoms with van der Waals surface area (Å²) in [5.74, 6) is 0. The first-order valence-corrected chi connectivity index (χ1v) is 5.37. The van der Waals surface area contributed by atoms with Crippen molar-refractivity contribution in [2.75, 3.05) is 0 Å². The zero-order chi connectivity index (χ0) is 11.9. The highest BCUT2D eigenvalue weighted by atomic mass is 32.1. The number of non-ortho nitro benzene ring substituents is 1. The summed E-state index contributed by atoms with van der Waals surface area (Å²) in [7, 11) is 0. The van der Waals surface area contributed by atoms with Crippen LogP contribution in [0.2, 0.25) is 0 Å². The second-order valence-electron chi connectivity index (χ2n) is 3.46. The van der Waals surface area contributed by atoms with Crippen LogP contribution in [0.1, 0.15) is 10.6 Å². The van der Waals surface area contributed by atoms with E-state index >= 15 is 0 Å². The molecule has 2 aromatic rings. The molecule has 1 heterocycles. The number of hydrogen-bond donors (Lipinski definition) is 0. The first-order chi connectivity index (χ1) is 7.49. The van der Waals surface area contributed by atoms with Crippen molar-refractivity contribution in [1.82, 2.24) is 4.98 Å². The Balaban J connectivity index is 3.01. The van der Waals surface area contributed by atoms with Crippen LogP contribution in [0, 0.1) is 24.0 Å². The number of hydrogen-bond acceptors (Lipinski definition) is 5. The first-order valence-electron chi connectivity index (χ1n) is 4.55. The van der Waals surface area contributed by atoms with Gasteiger partial charge in [-0.3, -0.25) is 14.9 Å². The normalized spacial score (nSPS) is 10.6. The Morgan fingerprint density at radius 1 is 1.38 bits per heavy atom. The van der Waals surface area contributed by atoms with Gasteiger partial charge in [0.05, 0.1) is 15.3 Å². The van der Waals surface area contributed by atoms with Gasteiger partial charge in [0.1, 0.15) is 4.70 Å². The molecular weight excluding hydrogens is 228 g/mol. The summed E-state index contributed by atoms with van der Waals surface area (Å²) in [6.07, 6.45) is 0. The molecule has 0 radical (unpaired) electrons. The summed E-state index contributed by atoms with van der Waals surface area (Å²) in [5.41, 5.74) is 0.259. The average Bonchev–Trinajstić information content (AvgIpc) is 2.18. The Kier molecular flexibility index (Phi) is 2.43. The van der Waals surface area contributed by atoms with Gasteiger partial charge in [-0.05, 0) is 25.5 Å². The molecule has 0 bridgehead atoms. The number of nitro groups is 1. The molecule has 0 aliphatic rings. The van der Waals surface area contributed by atoms with Gasteiger partial charge in [0.25, 0.3) is 11.2 Å². The molecule has 82 valence electrons. The van der Waals surface area contributed by atoms with Crippen LogP contribution in [-0.2, 0) is 0 Å². The van der Waals surface area contributed by atoms with E-state index in [-0.39, 0.29) is 5.69 Å². The van der Waals surface area contributed by atoms with Crippen LogP contribution in [0.25, 0.3) is 10.1 Å². The number of aromatic nitrogens is 1. The third-order valence-electron chi connectivity index (χ3n) is 2.15. The highest BCUT2D eigenvalue weighted by molar-refractivity contribution is 7.18. The number of fused-ring (bicyclic) bond motifs is 1. The predicted molar refractivity (Wildman–Crippen MR) is 62.0 cm³/mol. The fraction of sp³-hybridized carbons (Fsp3) is 0.200. The maximum Gasteiger partial charge on any atom is 0.287 e. The van der Waals surface area contributed by atoms with Crippen LogP contribution >= 0.6 is 11.3 Å². The first kappa shape index (κ1) is 10.7. The molecule has 5 nitrogen and oxygen atoms in total. The van der Waals surface area contributed by atoms with E-state index in [1.807, 2.05) is 0 Å². The van der Waals surface area contributed by atoms with Crippen molar-refractivity contribution in [3.63, 3.8) is 0 Å². The molecule has 0 saturated carbocycles. The highest BCUT2D eigenvalue weighted by Gasteiger charge is 2.16. The maximum absolute atomic E-state index is 11.6. The van der Waals surface area contributed by atoms with E-state index in [9.17, 15) is 14.9 Å². The van der Waals surface area contributed by atoms with E-state index in [1.54, 1.807) is 19.9 Å². The van der Waals surface area contributed by atoms with Gasteiger partial charge < -0.3 is 0 Å². The summed E-state index contributed by atoms with van der Waals surface area (Å²) >= 11 is 1.17. The lowest BCUT2D eigenvalue weighted by Gasteiger charge is -2.00. The largest absolute Gasteiger partial charge is 0.287 e. The molecule has 0 aliphatic heterocycles. The van der Waals surface area contributed by atoms with E-state index < -0.39 is 10.5 Å². The number of aryl methyl sites for hydroxylation is 2. The lowest BCUT2D eigenvalue weighted by atomic mass is 10.1. The Labute approximate surface area is 94.5 Å². The zero-order valence-corrected chi connectivity index (χ0v) is 9.50. The van der Waals surface area contributed by atoms with Crippen molar-refractivity contribution < 1.29 is 4.92 Å². The number of rotatable bonds is 1. The molecule has 0 spiro atoms. The average molecular weight is 236 g/mol. The zero-order valence-electron chi connectivity index (χ0n) is 8.68. The van der Waals surface area contributed by atoms with Crippen LogP contribution in [-0.4, -0.2) is 9.91 Å². The van der Waals surface area contributed by atoms with Gasteiger partial charge >= 0.3 is 0 Å². The van der Waals surface area contributed by atoms with Gasteiger partial charge in [-0.2, -0.15) is 0 Å². The topological polar surface area (TPSA) is 73.1 Å². The SMILES string of the molecule is Cc1cc([N+](=O)[O-])c2sc(C)nc(=O)c2c1. The van der Waals surface area contributed by atoms with Crippen molar-refractivity contribution in [3.8, 4) is 0 Å². The van der Waals surface area contributed by atoms with Crippen molar-refractivity contribution in [2.45, 2.75) is 13.8 Å². The van der Waals surface area contributed by atoms with Crippen LogP contribution in [0.4, 0.5) is 5.69 Å². The molecule has 1 aromatic carbocycles. The van der Waals surface area contributed by atoms with Crippen LogP contribution in [0.5, 0.6) is 0 Å². The minimum Gasteiger partial charge on any atom is -0.267 e. The van der Waals surface area contributed by atoms with Gasteiger partial charge in [0.15, 0.2) is 0 Å². The number of benzene rings is 1. The Bertz CT molecular complexity index is 648. The predicted octanol–water partition coefficient (Wildman–Crippen LogP) is 2.18. The Hall–Kier alpha value is -1.82. The highest BCUT2D eigenvalue weighted by Crippen LogP contribution is 2.29. The molecule has 0 fully saturated rings. The van der Waals surface area contributed by atoms with Crippen LogP contribution < -0.4 is 5.56 Å². The Morgan fingerprint density at radius 2 is 2.06 bits per heavy atom. The summed E-state index contributed by atoms with van der Waals surface area (Å²) in [4.78, 5) is 25.8. The van der Waals surface area contributed by atoms with Crippen molar-refractivity contribution >= 4 is 27.1 Å². The second kappa shape index (κ2) is 3.64. The minimum atomic E-state index is -0.468. The van der Waals surface area contributed by atoms with E-state index in [0.29, 0.717) is 20.7 Å². The lowest BCUT2D eigenvalue weighted by molar-refractivity contribution is -0.382. The molecule has 0 N–H and O–H groups in total. The van der Waals surface area contributed by atoms with E-state index in [0.717, 1.165) is 0 Å². The monoisotopic (exact) mass is 236 g/mol. The van der Waals surface area contributed by atoms with Gasteiger partial charge in [0.2, 0.25) is 0 Å². The summed E-state index contributed by atoms with van der Waals surface area (Å²) in [6.45, 7) is 3.38.